The summed E-state index contributed by atoms with van der Waals surface area (Å²) in [6.07, 6.45) is 8.35. The Bertz CT molecular complexity index is 687. The zero-order valence-electron chi connectivity index (χ0n) is 15.6. The summed E-state index contributed by atoms with van der Waals surface area (Å²) in [5.41, 5.74) is 2.05. The Morgan fingerprint density at radius 2 is 1.85 bits per heavy atom. The largest absolute Gasteiger partial charge is 0.481 e. The predicted octanol–water partition coefficient (Wildman–Crippen LogP) is 2.76. The van der Waals surface area contributed by atoms with Crippen molar-refractivity contribution in [1.29, 1.82) is 0 Å². The Labute approximate surface area is 154 Å². The minimum atomic E-state index is -0.728. The smallest absolute Gasteiger partial charge is 0.306 e. The molecule has 2 aliphatic rings. The van der Waals surface area contributed by atoms with E-state index in [-0.39, 0.29) is 23.8 Å². The van der Waals surface area contributed by atoms with Crippen LogP contribution in [-0.4, -0.2) is 50.0 Å². The van der Waals surface area contributed by atoms with Gasteiger partial charge in [0.05, 0.1) is 12.1 Å². The van der Waals surface area contributed by atoms with E-state index in [1.165, 1.54) is 0 Å². The van der Waals surface area contributed by atoms with Crippen molar-refractivity contribution in [1.82, 2.24) is 19.9 Å². The molecule has 1 aliphatic heterocycles. The summed E-state index contributed by atoms with van der Waals surface area (Å²) in [6.45, 7) is 5.55. The summed E-state index contributed by atoms with van der Waals surface area (Å²) in [6, 6.07) is 0.279. The standard InChI is InChI=1S/C19H28N4O3/c1-13(2)23-12-17(20-21-23)14-4-3-10-22(11-9-14)18(24)15-5-7-16(8-6-15)19(25)26/h4,12-13,15-16H,3,5-11H2,1-2H3,(H,25,26). The van der Waals surface area contributed by atoms with E-state index in [9.17, 15) is 9.59 Å². The van der Waals surface area contributed by atoms with Gasteiger partial charge in [0.1, 0.15) is 5.69 Å². The van der Waals surface area contributed by atoms with Crippen molar-refractivity contribution < 1.29 is 14.7 Å². The highest BCUT2D eigenvalue weighted by atomic mass is 16.4. The SMILES string of the molecule is CC(C)n1cc(C2=CCCN(C(=O)C3CCC(C(=O)O)CC3)CC2)nn1. The number of carbonyl (C=O) groups excluding carboxylic acids is 1. The van der Waals surface area contributed by atoms with Gasteiger partial charge < -0.3 is 10.0 Å². The molecule has 1 aromatic heterocycles. The third-order valence-corrected chi connectivity index (χ3v) is 5.55. The number of carboxylic acids is 1. The van der Waals surface area contributed by atoms with Crippen molar-refractivity contribution in [2.75, 3.05) is 13.1 Å². The van der Waals surface area contributed by atoms with Gasteiger partial charge in [0.15, 0.2) is 0 Å². The Morgan fingerprint density at radius 1 is 1.15 bits per heavy atom. The average molecular weight is 360 g/mol. The second-order valence-electron chi connectivity index (χ2n) is 7.66. The van der Waals surface area contributed by atoms with E-state index in [0.29, 0.717) is 32.2 Å². The van der Waals surface area contributed by atoms with Crippen LogP contribution in [0.4, 0.5) is 0 Å². The van der Waals surface area contributed by atoms with Crippen molar-refractivity contribution in [3.05, 3.63) is 18.0 Å². The van der Waals surface area contributed by atoms with E-state index in [0.717, 1.165) is 30.7 Å². The molecule has 0 aromatic carbocycles. The molecular weight excluding hydrogens is 332 g/mol. The number of nitrogens with zero attached hydrogens (tertiary/aromatic N) is 4. The van der Waals surface area contributed by atoms with Crippen molar-refractivity contribution in [2.24, 2.45) is 11.8 Å². The minimum Gasteiger partial charge on any atom is -0.481 e. The van der Waals surface area contributed by atoms with Gasteiger partial charge in [-0.2, -0.15) is 0 Å². The van der Waals surface area contributed by atoms with Crippen LogP contribution >= 0.6 is 0 Å². The van der Waals surface area contributed by atoms with Gasteiger partial charge in [0, 0.05) is 25.0 Å². The predicted molar refractivity (Wildman–Crippen MR) is 97.3 cm³/mol. The van der Waals surface area contributed by atoms with Crippen LogP contribution in [0.15, 0.2) is 12.3 Å². The average Bonchev–Trinajstić information content (AvgIpc) is 3.00. The number of hydrogen-bond donors (Lipinski definition) is 1. The molecule has 1 fully saturated rings. The lowest BCUT2D eigenvalue weighted by Crippen LogP contribution is -2.39. The van der Waals surface area contributed by atoms with Crippen LogP contribution in [0.2, 0.25) is 0 Å². The third-order valence-electron chi connectivity index (χ3n) is 5.55. The fraction of sp³-hybridized carbons (Fsp3) is 0.684. The molecule has 0 bridgehead atoms. The molecule has 142 valence electrons. The fourth-order valence-electron chi connectivity index (χ4n) is 3.84. The van der Waals surface area contributed by atoms with E-state index in [1.807, 2.05) is 15.8 Å². The van der Waals surface area contributed by atoms with Gasteiger partial charge in [-0.3, -0.25) is 9.59 Å². The first-order valence-electron chi connectivity index (χ1n) is 9.58. The van der Waals surface area contributed by atoms with Crippen molar-refractivity contribution >= 4 is 17.4 Å². The molecule has 0 spiro atoms. The maximum Gasteiger partial charge on any atom is 0.306 e. The number of rotatable bonds is 4. The Kier molecular flexibility index (Phi) is 5.74. The van der Waals surface area contributed by atoms with Crippen LogP contribution in [0.3, 0.4) is 0 Å². The van der Waals surface area contributed by atoms with Crippen LogP contribution in [0.5, 0.6) is 0 Å². The van der Waals surface area contributed by atoms with Crippen molar-refractivity contribution in [3.63, 3.8) is 0 Å². The zero-order chi connectivity index (χ0) is 18.7. The molecule has 7 nitrogen and oxygen atoms in total. The lowest BCUT2D eigenvalue weighted by atomic mass is 9.81. The van der Waals surface area contributed by atoms with E-state index < -0.39 is 5.97 Å². The number of carbonyl (C=O) groups is 2. The molecular formula is C19H28N4O3. The van der Waals surface area contributed by atoms with E-state index in [4.69, 9.17) is 5.11 Å². The topological polar surface area (TPSA) is 88.3 Å². The van der Waals surface area contributed by atoms with Gasteiger partial charge in [-0.15, -0.1) is 5.10 Å². The summed E-state index contributed by atoms with van der Waals surface area (Å²) < 4.78 is 1.85. The van der Waals surface area contributed by atoms with E-state index in [2.05, 4.69) is 30.2 Å². The maximum absolute atomic E-state index is 12.8. The first-order chi connectivity index (χ1) is 12.5. The zero-order valence-corrected chi connectivity index (χ0v) is 15.6. The summed E-state index contributed by atoms with van der Waals surface area (Å²) in [4.78, 5) is 25.9. The molecule has 26 heavy (non-hydrogen) atoms. The monoisotopic (exact) mass is 360 g/mol. The van der Waals surface area contributed by atoms with Gasteiger partial charge in [-0.05, 0) is 57.9 Å². The summed E-state index contributed by atoms with van der Waals surface area (Å²) in [5, 5.41) is 17.5. The van der Waals surface area contributed by atoms with E-state index in [1.54, 1.807) is 0 Å². The lowest BCUT2D eigenvalue weighted by Gasteiger charge is -2.30. The maximum atomic E-state index is 12.8. The molecule has 1 amide bonds. The molecule has 0 saturated heterocycles. The van der Waals surface area contributed by atoms with Gasteiger partial charge >= 0.3 is 5.97 Å². The highest BCUT2D eigenvalue weighted by Gasteiger charge is 2.32. The van der Waals surface area contributed by atoms with Gasteiger partial charge in [0.2, 0.25) is 5.91 Å². The summed E-state index contributed by atoms with van der Waals surface area (Å²) in [7, 11) is 0. The first kappa shape index (κ1) is 18.6. The first-order valence-corrected chi connectivity index (χ1v) is 9.58. The number of amides is 1. The van der Waals surface area contributed by atoms with Gasteiger partial charge in [-0.1, -0.05) is 11.3 Å². The molecule has 1 aromatic rings. The van der Waals surface area contributed by atoms with Crippen LogP contribution < -0.4 is 0 Å². The second-order valence-corrected chi connectivity index (χ2v) is 7.66. The molecule has 1 aliphatic carbocycles. The minimum absolute atomic E-state index is 0.0195. The van der Waals surface area contributed by atoms with Gasteiger partial charge in [-0.25, -0.2) is 4.68 Å². The van der Waals surface area contributed by atoms with Crippen LogP contribution in [-0.2, 0) is 9.59 Å². The molecule has 2 heterocycles. The summed E-state index contributed by atoms with van der Waals surface area (Å²) >= 11 is 0. The number of aromatic nitrogens is 3. The van der Waals surface area contributed by atoms with Crippen LogP contribution in [0, 0.1) is 11.8 Å². The van der Waals surface area contributed by atoms with E-state index >= 15 is 0 Å². The highest BCUT2D eigenvalue weighted by molar-refractivity contribution is 5.80. The van der Waals surface area contributed by atoms with Crippen molar-refractivity contribution in [3.8, 4) is 0 Å². The molecule has 1 N–H and O–H groups in total. The Hall–Kier alpha value is -2.18. The quantitative estimate of drug-likeness (QED) is 0.892. The van der Waals surface area contributed by atoms with Crippen molar-refractivity contribution in [2.45, 2.75) is 58.4 Å². The molecule has 0 unspecified atom stereocenters. The molecule has 3 rings (SSSR count). The second kappa shape index (κ2) is 8.01. The fourth-order valence-corrected chi connectivity index (χ4v) is 3.84. The molecule has 7 heteroatoms. The summed E-state index contributed by atoms with van der Waals surface area (Å²) in [5.74, 6) is -0.836. The Morgan fingerprint density at radius 3 is 2.46 bits per heavy atom. The molecule has 0 atom stereocenters. The number of aliphatic carboxylic acids is 1. The number of hydrogen-bond acceptors (Lipinski definition) is 4. The lowest BCUT2D eigenvalue weighted by molar-refractivity contribution is -0.145. The van der Waals surface area contributed by atoms with Crippen LogP contribution in [0.25, 0.3) is 5.57 Å². The van der Waals surface area contributed by atoms with Crippen LogP contribution in [0.1, 0.15) is 64.1 Å². The Balaban J connectivity index is 1.56. The molecule has 0 radical (unpaired) electrons. The number of carboxylic acid groups (broad SMARTS) is 1. The normalized spacial score (nSPS) is 24.3. The third kappa shape index (κ3) is 4.14. The highest BCUT2D eigenvalue weighted by Crippen LogP contribution is 2.31. The van der Waals surface area contributed by atoms with Gasteiger partial charge in [0.25, 0.3) is 0 Å². The molecule has 1 saturated carbocycles.